The van der Waals surface area contributed by atoms with Crippen molar-refractivity contribution in [3.8, 4) is 17.3 Å². The fourth-order valence-corrected chi connectivity index (χ4v) is 4.98. The van der Waals surface area contributed by atoms with Crippen molar-refractivity contribution in [1.29, 1.82) is 0 Å². The summed E-state index contributed by atoms with van der Waals surface area (Å²) in [7, 11) is 0. The number of pyridine rings is 1. The molecule has 5 rings (SSSR count). The van der Waals surface area contributed by atoms with E-state index < -0.39 is 23.2 Å². The van der Waals surface area contributed by atoms with E-state index in [2.05, 4.69) is 16.5 Å². The van der Waals surface area contributed by atoms with Crippen LogP contribution < -0.4 is 15.3 Å². The van der Waals surface area contributed by atoms with Gasteiger partial charge in [-0.05, 0) is 56.2 Å². The van der Waals surface area contributed by atoms with Crippen LogP contribution in [0.5, 0.6) is 11.6 Å². The highest BCUT2D eigenvalue weighted by Gasteiger charge is 2.30. The topological polar surface area (TPSA) is 80.6 Å². The molecule has 0 spiro atoms. The number of piperazine rings is 1. The number of amides is 1. The summed E-state index contributed by atoms with van der Waals surface area (Å²) in [6, 6.07) is 11.9. The molecule has 1 aliphatic heterocycles. The highest BCUT2D eigenvalue weighted by Crippen LogP contribution is 2.33. The molecule has 0 radical (unpaired) electrons. The molecule has 1 atom stereocenters. The zero-order valence-corrected chi connectivity index (χ0v) is 21.8. The fraction of sp³-hybridized carbons (Fsp3) is 0.241. The van der Waals surface area contributed by atoms with Crippen molar-refractivity contribution in [2.75, 3.05) is 24.5 Å². The Kier molecular flexibility index (Phi) is 6.86. The standard InChI is InChI=1S/C29H27F2N5O3/c1-5-24(37)34-12-13-35(19(4)16-34)26-22-15-23(31)28(39-21-11-7-10-20(30)14-21)32-27(22)36(29(38)33-26)25-17(2)8-6-9-18(25)3/h5-11,14-15,19H,1,12-13,16H2,2-4H3. The van der Waals surface area contributed by atoms with Gasteiger partial charge in [0.15, 0.2) is 11.5 Å². The molecule has 3 heterocycles. The summed E-state index contributed by atoms with van der Waals surface area (Å²) >= 11 is 0. The summed E-state index contributed by atoms with van der Waals surface area (Å²) in [5, 5.41) is 0.302. The molecule has 1 amide bonds. The number of hydrogen-bond acceptors (Lipinski definition) is 6. The van der Waals surface area contributed by atoms with Crippen molar-refractivity contribution in [3.63, 3.8) is 0 Å². The summed E-state index contributed by atoms with van der Waals surface area (Å²) in [4.78, 5) is 38.2. The second-order valence-electron chi connectivity index (χ2n) is 9.53. The number of para-hydroxylation sites is 1. The van der Waals surface area contributed by atoms with E-state index in [1.54, 1.807) is 4.90 Å². The summed E-state index contributed by atoms with van der Waals surface area (Å²) in [6.45, 7) is 10.3. The first kappa shape index (κ1) is 26.0. The Hall–Kier alpha value is -4.60. The molecule has 0 saturated carbocycles. The Morgan fingerprint density at radius 1 is 1.08 bits per heavy atom. The number of aryl methyl sites for hydroxylation is 2. The van der Waals surface area contributed by atoms with Gasteiger partial charge < -0.3 is 14.5 Å². The number of nitrogens with zero attached hydrogens (tertiary/aromatic N) is 5. The lowest BCUT2D eigenvalue weighted by molar-refractivity contribution is -0.126. The van der Waals surface area contributed by atoms with Gasteiger partial charge in [0.1, 0.15) is 17.4 Å². The Morgan fingerprint density at radius 2 is 1.79 bits per heavy atom. The monoisotopic (exact) mass is 531 g/mol. The zero-order chi connectivity index (χ0) is 27.8. The Morgan fingerprint density at radius 3 is 2.46 bits per heavy atom. The normalized spacial score (nSPS) is 15.5. The predicted molar refractivity (Wildman–Crippen MR) is 145 cm³/mol. The molecular weight excluding hydrogens is 504 g/mol. The molecule has 1 fully saturated rings. The fourth-order valence-electron chi connectivity index (χ4n) is 4.98. The van der Waals surface area contributed by atoms with Gasteiger partial charge in [0.25, 0.3) is 5.88 Å². The summed E-state index contributed by atoms with van der Waals surface area (Å²) < 4.78 is 36.2. The van der Waals surface area contributed by atoms with Gasteiger partial charge >= 0.3 is 5.69 Å². The van der Waals surface area contributed by atoms with E-state index in [9.17, 15) is 14.0 Å². The first-order valence-electron chi connectivity index (χ1n) is 12.5. The number of aromatic nitrogens is 3. The minimum absolute atomic E-state index is 0.0626. The summed E-state index contributed by atoms with van der Waals surface area (Å²) in [5.41, 5.74) is 1.74. The Labute approximate surface area is 223 Å². The molecule has 1 unspecified atom stereocenters. The predicted octanol–water partition coefficient (Wildman–Crippen LogP) is 4.69. The van der Waals surface area contributed by atoms with Crippen molar-refractivity contribution in [2.45, 2.75) is 26.8 Å². The third-order valence-electron chi connectivity index (χ3n) is 6.83. The van der Waals surface area contributed by atoms with E-state index >= 15 is 4.39 Å². The minimum atomic E-state index is -0.797. The van der Waals surface area contributed by atoms with Crippen LogP contribution in [0.4, 0.5) is 14.6 Å². The van der Waals surface area contributed by atoms with E-state index in [4.69, 9.17) is 4.74 Å². The number of ether oxygens (including phenoxy) is 1. The van der Waals surface area contributed by atoms with Crippen molar-refractivity contribution in [3.05, 3.63) is 94.4 Å². The van der Waals surface area contributed by atoms with Crippen LogP contribution in [-0.2, 0) is 4.79 Å². The second-order valence-corrected chi connectivity index (χ2v) is 9.53. The van der Waals surface area contributed by atoms with Crippen LogP contribution in [0.1, 0.15) is 18.1 Å². The lowest BCUT2D eigenvalue weighted by atomic mass is 10.1. The molecule has 2 aromatic heterocycles. The second kappa shape index (κ2) is 10.3. The van der Waals surface area contributed by atoms with Crippen LogP contribution in [0.25, 0.3) is 16.7 Å². The van der Waals surface area contributed by atoms with Crippen LogP contribution in [0, 0.1) is 25.5 Å². The summed E-state index contributed by atoms with van der Waals surface area (Å²) in [5.74, 6) is -1.60. The number of carbonyl (C=O) groups is 1. The molecular formula is C29H27F2N5O3. The minimum Gasteiger partial charge on any atom is -0.436 e. The van der Waals surface area contributed by atoms with Gasteiger partial charge in [0.05, 0.1) is 11.1 Å². The van der Waals surface area contributed by atoms with E-state index in [1.807, 2.05) is 43.9 Å². The van der Waals surface area contributed by atoms with E-state index in [-0.39, 0.29) is 29.2 Å². The van der Waals surface area contributed by atoms with Gasteiger partial charge in [-0.25, -0.2) is 18.1 Å². The molecule has 8 nitrogen and oxygen atoms in total. The summed E-state index contributed by atoms with van der Waals surface area (Å²) in [6.07, 6.45) is 1.27. The number of fused-ring (bicyclic) bond motifs is 1. The largest absolute Gasteiger partial charge is 0.436 e. The van der Waals surface area contributed by atoms with E-state index in [0.717, 1.165) is 17.2 Å². The quantitative estimate of drug-likeness (QED) is 0.348. The van der Waals surface area contributed by atoms with Crippen molar-refractivity contribution in [2.24, 2.45) is 0 Å². The first-order chi connectivity index (χ1) is 18.7. The average molecular weight is 532 g/mol. The van der Waals surface area contributed by atoms with Crippen LogP contribution in [0.2, 0.25) is 0 Å². The number of carbonyl (C=O) groups excluding carboxylic acids is 1. The molecule has 1 saturated heterocycles. The SMILES string of the molecule is C=CC(=O)N1CCN(c2nc(=O)n(-c3c(C)cccc3C)c3nc(Oc4cccc(F)c4)c(F)cc23)C(C)C1. The maximum atomic E-state index is 15.5. The van der Waals surface area contributed by atoms with Crippen LogP contribution in [-0.4, -0.2) is 51.0 Å². The van der Waals surface area contributed by atoms with Gasteiger partial charge in [0, 0.05) is 31.7 Å². The molecule has 0 bridgehead atoms. The zero-order valence-electron chi connectivity index (χ0n) is 21.8. The highest BCUT2D eigenvalue weighted by atomic mass is 19.1. The van der Waals surface area contributed by atoms with Gasteiger partial charge in [0.2, 0.25) is 5.91 Å². The van der Waals surface area contributed by atoms with Crippen molar-refractivity contribution >= 4 is 22.8 Å². The van der Waals surface area contributed by atoms with E-state index in [0.29, 0.717) is 30.7 Å². The number of rotatable bonds is 5. The molecule has 39 heavy (non-hydrogen) atoms. The van der Waals surface area contributed by atoms with E-state index in [1.165, 1.54) is 34.9 Å². The molecule has 200 valence electrons. The average Bonchev–Trinajstić information content (AvgIpc) is 2.90. The maximum Gasteiger partial charge on any atom is 0.355 e. The Balaban J connectivity index is 1.72. The van der Waals surface area contributed by atoms with Crippen LogP contribution >= 0.6 is 0 Å². The molecule has 0 aliphatic carbocycles. The number of hydrogen-bond donors (Lipinski definition) is 0. The van der Waals surface area contributed by atoms with Crippen molar-refractivity contribution < 1.29 is 18.3 Å². The molecule has 1 aliphatic rings. The van der Waals surface area contributed by atoms with Gasteiger partial charge in [-0.2, -0.15) is 9.97 Å². The third-order valence-corrected chi connectivity index (χ3v) is 6.83. The molecule has 2 aromatic carbocycles. The van der Waals surface area contributed by atoms with Gasteiger partial charge in [-0.15, -0.1) is 0 Å². The lowest BCUT2D eigenvalue weighted by Gasteiger charge is -2.40. The first-order valence-corrected chi connectivity index (χ1v) is 12.5. The number of benzene rings is 2. The Bertz CT molecular complexity index is 1650. The molecule has 10 heteroatoms. The number of halogens is 2. The molecule has 4 aromatic rings. The third kappa shape index (κ3) is 4.85. The van der Waals surface area contributed by atoms with Crippen LogP contribution in [0.3, 0.4) is 0 Å². The van der Waals surface area contributed by atoms with Gasteiger partial charge in [-0.1, -0.05) is 30.8 Å². The van der Waals surface area contributed by atoms with Crippen LogP contribution in [0.15, 0.2) is 66.0 Å². The van der Waals surface area contributed by atoms with Gasteiger partial charge in [-0.3, -0.25) is 4.79 Å². The smallest absolute Gasteiger partial charge is 0.355 e. The van der Waals surface area contributed by atoms with Crippen molar-refractivity contribution in [1.82, 2.24) is 19.4 Å². The highest BCUT2D eigenvalue weighted by molar-refractivity contribution is 5.90. The number of anilines is 1. The lowest BCUT2D eigenvalue weighted by Crippen LogP contribution is -2.54. The maximum absolute atomic E-state index is 15.5. The molecule has 0 N–H and O–H groups in total.